The second kappa shape index (κ2) is 4.62. The van der Waals surface area contributed by atoms with Gasteiger partial charge in [-0.2, -0.15) is 0 Å². The molecule has 0 aliphatic carbocycles. The largest absolute Gasteiger partial charge is 0.488 e. The molecule has 1 aromatic heterocycles. The van der Waals surface area contributed by atoms with E-state index in [0.29, 0.717) is 0 Å². The average molecular weight is 208 g/mol. The standard InChI is InChI=1S/C12H20N2O/c1-9-6-11(15-12(2,3)4)10(7-13-5)8-14-9/h6,8,13H,7H2,1-5H3. The SMILES string of the molecule is CNCc1cnc(C)cc1OC(C)(C)C. The molecule has 0 atom stereocenters. The first-order chi connectivity index (χ1) is 6.92. The Hall–Kier alpha value is -1.09. The normalized spacial score (nSPS) is 11.5. The van der Waals surface area contributed by atoms with Crippen molar-refractivity contribution in [1.29, 1.82) is 0 Å². The van der Waals surface area contributed by atoms with Crippen LogP contribution in [0.2, 0.25) is 0 Å². The van der Waals surface area contributed by atoms with E-state index in [1.165, 1.54) is 0 Å². The molecule has 0 spiro atoms. The zero-order chi connectivity index (χ0) is 11.5. The van der Waals surface area contributed by atoms with Crippen molar-refractivity contribution in [2.24, 2.45) is 0 Å². The van der Waals surface area contributed by atoms with E-state index in [1.807, 2.05) is 47.0 Å². The molecule has 0 saturated carbocycles. The van der Waals surface area contributed by atoms with Gasteiger partial charge in [0.25, 0.3) is 0 Å². The predicted octanol–water partition coefficient (Wildman–Crippen LogP) is 2.29. The van der Waals surface area contributed by atoms with Crippen molar-refractivity contribution < 1.29 is 4.74 Å². The van der Waals surface area contributed by atoms with E-state index >= 15 is 0 Å². The zero-order valence-corrected chi connectivity index (χ0v) is 10.2. The molecule has 0 radical (unpaired) electrons. The van der Waals surface area contributed by atoms with E-state index < -0.39 is 0 Å². The Balaban J connectivity index is 2.96. The summed E-state index contributed by atoms with van der Waals surface area (Å²) >= 11 is 0. The fourth-order valence-electron chi connectivity index (χ4n) is 1.31. The van der Waals surface area contributed by atoms with Crippen LogP contribution < -0.4 is 10.1 Å². The van der Waals surface area contributed by atoms with Crippen LogP contribution in [0.5, 0.6) is 5.75 Å². The number of nitrogens with zero attached hydrogens (tertiary/aromatic N) is 1. The van der Waals surface area contributed by atoms with Crippen molar-refractivity contribution in [3.63, 3.8) is 0 Å². The van der Waals surface area contributed by atoms with Gasteiger partial charge in [0.2, 0.25) is 0 Å². The highest BCUT2D eigenvalue weighted by atomic mass is 16.5. The van der Waals surface area contributed by atoms with Crippen molar-refractivity contribution in [3.05, 3.63) is 23.5 Å². The van der Waals surface area contributed by atoms with E-state index in [-0.39, 0.29) is 5.60 Å². The number of ether oxygens (including phenoxy) is 1. The summed E-state index contributed by atoms with van der Waals surface area (Å²) in [5, 5.41) is 3.11. The Kier molecular flexibility index (Phi) is 3.69. The number of aryl methyl sites for hydroxylation is 1. The molecule has 0 amide bonds. The van der Waals surface area contributed by atoms with Crippen LogP contribution in [0.1, 0.15) is 32.0 Å². The van der Waals surface area contributed by atoms with Gasteiger partial charge in [0.15, 0.2) is 0 Å². The summed E-state index contributed by atoms with van der Waals surface area (Å²) in [5.41, 5.74) is 1.91. The van der Waals surface area contributed by atoms with E-state index in [0.717, 1.165) is 23.6 Å². The Labute approximate surface area is 91.9 Å². The van der Waals surface area contributed by atoms with Gasteiger partial charge >= 0.3 is 0 Å². The van der Waals surface area contributed by atoms with Crippen LogP contribution in [0, 0.1) is 6.92 Å². The van der Waals surface area contributed by atoms with Crippen molar-refractivity contribution >= 4 is 0 Å². The Bertz CT molecular complexity index is 329. The Morgan fingerprint density at radius 3 is 2.60 bits per heavy atom. The van der Waals surface area contributed by atoms with Crippen molar-refractivity contribution in [3.8, 4) is 5.75 Å². The molecular formula is C12H20N2O. The minimum absolute atomic E-state index is 0.170. The fourth-order valence-corrected chi connectivity index (χ4v) is 1.31. The number of pyridine rings is 1. The summed E-state index contributed by atoms with van der Waals surface area (Å²) in [4.78, 5) is 4.27. The first kappa shape index (κ1) is 12.0. The van der Waals surface area contributed by atoms with Gasteiger partial charge in [-0.15, -0.1) is 0 Å². The Morgan fingerprint density at radius 2 is 2.07 bits per heavy atom. The monoisotopic (exact) mass is 208 g/mol. The maximum absolute atomic E-state index is 5.89. The average Bonchev–Trinajstić information content (AvgIpc) is 2.07. The van der Waals surface area contributed by atoms with E-state index in [1.54, 1.807) is 0 Å². The summed E-state index contributed by atoms with van der Waals surface area (Å²) in [7, 11) is 1.92. The van der Waals surface area contributed by atoms with E-state index in [2.05, 4.69) is 10.3 Å². The van der Waals surface area contributed by atoms with Gasteiger partial charge in [0.1, 0.15) is 11.4 Å². The molecule has 3 nitrogen and oxygen atoms in total. The number of aromatic nitrogens is 1. The molecular weight excluding hydrogens is 188 g/mol. The molecule has 1 rings (SSSR count). The van der Waals surface area contributed by atoms with E-state index in [4.69, 9.17) is 4.74 Å². The molecule has 0 unspecified atom stereocenters. The molecule has 15 heavy (non-hydrogen) atoms. The van der Waals surface area contributed by atoms with Crippen LogP contribution in [-0.2, 0) is 6.54 Å². The highest BCUT2D eigenvalue weighted by Gasteiger charge is 2.14. The summed E-state index contributed by atoms with van der Waals surface area (Å²) in [5.74, 6) is 0.921. The highest BCUT2D eigenvalue weighted by molar-refractivity contribution is 5.33. The van der Waals surface area contributed by atoms with Gasteiger partial charge in [-0.3, -0.25) is 4.98 Å². The first-order valence-electron chi connectivity index (χ1n) is 5.21. The summed E-state index contributed by atoms with van der Waals surface area (Å²) in [6.45, 7) is 8.89. The lowest BCUT2D eigenvalue weighted by atomic mass is 10.1. The second-order valence-electron chi connectivity index (χ2n) is 4.68. The topological polar surface area (TPSA) is 34.2 Å². The molecule has 0 fully saturated rings. The minimum Gasteiger partial charge on any atom is -0.488 e. The molecule has 84 valence electrons. The van der Waals surface area contributed by atoms with Crippen LogP contribution >= 0.6 is 0 Å². The van der Waals surface area contributed by atoms with Crippen LogP contribution in [-0.4, -0.2) is 17.6 Å². The number of hydrogen-bond acceptors (Lipinski definition) is 3. The molecule has 0 aliphatic rings. The van der Waals surface area contributed by atoms with Gasteiger partial charge in [-0.25, -0.2) is 0 Å². The molecule has 1 heterocycles. The summed E-state index contributed by atoms with van der Waals surface area (Å²) in [6.07, 6.45) is 1.87. The van der Waals surface area contributed by atoms with Crippen LogP contribution in [0.25, 0.3) is 0 Å². The lowest BCUT2D eigenvalue weighted by molar-refractivity contribution is 0.129. The van der Waals surface area contributed by atoms with Crippen molar-refractivity contribution in [2.75, 3.05) is 7.05 Å². The van der Waals surface area contributed by atoms with Crippen LogP contribution in [0.3, 0.4) is 0 Å². The summed E-state index contributed by atoms with van der Waals surface area (Å²) < 4.78 is 5.89. The maximum Gasteiger partial charge on any atom is 0.127 e. The smallest absolute Gasteiger partial charge is 0.127 e. The molecule has 1 aromatic rings. The van der Waals surface area contributed by atoms with Gasteiger partial charge < -0.3 is 10.1 Å². The molecule has 0 saturated heterocycles. The molecule has 0 bridgehead atoms. The number of rotatable bonds is 3. The second-order valence-corrected chi connectivity index (χ2v) is 4.68. The molecule has 3 heteroatoms. The van der Waals surface area contributed by atoms with Crippen LogP contribution in [0.4, 0.5) is 0 Å². The lowest BCUT2D eigenvalue weighted by Gasteiger charge is -2.23. The predicted molar refractivity (Wildman–Crippen MR) is 62.1 cm³/mol. The zero-order valence-electron chi connectivity index (χ0n) is 10.2. The lowest BCUT2D eigenvalue weighted by Crippen LogP contribution is -2.24. The maximum atomic E-state index is 5.89. The van der Waals surface area contributed by atoms with Crippen molar-refractivity contribution in [1.82, 2.24) is 10.3 Å². The third-order valence-electron chi connectivity index (χ3n) is 1.86. The van der Waals surface area contributed by atoms with E-state index in [9.17, 15) is 0 Å². The van der Waals surface area contributed by atoms with Gasteiger partial charge in [0, 0.05) is 30.1 Å². The number of nitrogens with one attached hydrogen (secondary N) is 1. The van der Waals surface area contributed by atoms with Gasteiger partial charge in [-0.05, 0) is 34.7 Å². The third-order valence-corrected chi connectivity index (χ3v) is 1.86. The molecule has 1 N–H and O–H groups in total. The highest BCUT2D eigenvalue weighted by Crippen LogP contribution is 2.23. The third kappa shape index (κ3) is 3.88. The van der Waals surface area contributed by atoms with Gasteiger partial charge in [0.05, 0.1) is 0 Å². The minimum atomic E-state index is -0.170. The molecule has 0 aromatic carbocycles. The first-order valence-corrected chi connectivity index (χ1v) is 5.21. The Morgan fingerprint density at radius 1 is 1.40 bits per heavy atom. The number of hydrogen-bond donors (Lipinski definition) is 1. The quantitative estimate of drug-likeness (QED) is 0.827. The van der Waals surface area contributed by atoms with Gasteiger partial charge in [-0.1, -0.05) is 0 Å². The fraction of sp³-hybridized carbons (Fsp3) is 0.583. The van der Waals surface area contributed by atoms with Crippen LogP contribution in [0.15, 0.2) is 12.3 Å². The summed E-state index contributed by atoms with van der Waals surface area (Å²) in [6, 6.07) is 1.98. The van der Waals surface area contributed by atoms with Crippen molar-refractivity contribution in [2.45, 2.75) is 39.8 Å². The molecule has 0 aliphatic heterocycles.